The summed E-state index contributed by atoms with van der Waals surface area (Å²) in [7, 11) is 1.63. The zero-order chi connectivity index (χ0) is 4.83. The van der Waals surface area contributed by atoms with Crippen molar-refractivity contribution in [3.05, 3.63) is 0 Å². The van der Waals surface area contributed by atoms with E-state index in [-0.39, 0.29) is 0 Å². The van der Waals surface area contributed by atoms with Crippen molar-refractivity contribution in [3.63, 3.8) is 0 Å². The molecule has 0 aliphatic carbocycles. The lowest BCUT2D eigenvalue weighted by atomic mass is 10.6. The van der Waals surface area contributed by atoms with E-state index in [4.69, 9.17) is 0 Å². The van der Waals surface area contributed by atoms with Gasteiger partial charge in [0.05, 0.1) is 0 Å². The maximum atomic E-state index is 4.61. The molecule has 0 spiro atoms. The number of methoxy groups -OCH3 is 1. The number of hydrogen-bond donors (Lipinski definition) is 0. The third-order valence-electron chi connectivity index (χ3n) is 0.393. The Kier molecular flexibility index (Phi) is 4.16. The van der Waals surface area contributed by atoms with Crippen molar-refractivity contribution in [1.29, 1.82) is 0 Å². The van der Waals surface area contributed by atoms with Crippen molar-refractivity contribution < 1.29 is 4.74 Å². The molecule has 0 aliphatic rings. The molecule has 0 rings (SSSR count). The first-order chi connectivity index (χ1) is 2.91. The van der Waals surface area contributed by atoms with E-state index >= 15 is 0 Å². The maximum absolute atomic E-state index is 4.61. The smallest absolute Gasteiger partial charge is 0.107 e. The number of hydrogen-bond acceptors (Lipinski definition) is 1. The van der Waals surface area contributed by atoms with Gasteiger partial charge in [0.2, 0.25) is 0 Å². The Morgan fingerprint density at radius 3 is 2.50 bits per heavy atom. The molecule has 6 heavy (non-hydrogen) atoms. The molecular formula is C5H8O. The first-order valence-corrected chi connectivity index (χ1v) is 1.80. The van der Waals surface area contributed by atoms with Crippen molar-refractivity contribution >= 4 is 0 Å². The Labute approximate surface area is 38.3 Å². The van der Waals surface area contributed by atoms with Crippen LogP contribution in [-0.2, 0) is 4.74 Å². The summed E-state index contributed by atoms with van der Waals surface area (Å²) < 4.78 is 4.61. The first-order valence-electron chi connectivity index (χ1n) is 1.80. The molecular weight excluding hydrogens is 76.1 g/mol. The van der Waals surface area contributed by atoms with Crippen molar-refractivity contribution in [2.75, 3.05) is 13.7 Å². The Balaban J connectivity index is 2.79. The maximum Gasteiger partial charge on any atom is 0.107 e. The van der Waals surface area contributed by atoms with Crippen LogP contribution < -0.4 is 0 Å². The fraction of sp³-hybridized carbons (Fsp3) is 0.600. The van der Waals surface area contributed by atoms with Gasteiger partial charge in [-0.2, -0.15) is 0 Å². The van der Waals surface area contributed by atoms with Gasteiger partial charge in [0.1, 0.15) is 6.61 Å². The Hall–Kier alpha value is -0.480. The first kappa shape index (κ1) is 5.52. The Morgan fingerprint density at radius 1 is 1.67 bits per heavy atom. The summed E-state index contributed by atoms with van der Waals surface area (Å²) in [6, 6.07) is 0. The standard InChI is InChI=1S/C5H8O/c1-3-4-5-6-2/h5H2,1-2H3. The zero-order valence-corrected chi connectivity index (χ0v) is 4.12. The lowest BCUT2D eigenvalue weighted by molar-refractivity contribution is 0.240. The van der Waals surface area contributed by atoms with E-state index in [1.807, 2.05) is 0 Å². The highest BCUT2D eigenvalue weighted by molar-refractivity contribution is 4.94. The molecule has 0 radical (unpaired) electrons. The molecule has 0 saturated heterocycles. The van der Waals surface area contributed by atoms with Gasteiger partial charge in [-0.3, -0.25) is 0 Å². The van der Waals surface area contributed by atoms with E-state index in [1.54, 1.807) is 14.0 Å². The lowest BCUT2D eigenvalue weighted by Crippen LogP contribution is -1.78. The van der Waals surface area contributed by atoms with Crippen LogP contribution in [-0.4, -0.2) is 13.7 Å². The molecule has 0 amide bonds. The second kappa shape index (κ2) is 4.52. The third-order valence-corrected chi connectivity index (χ3v) is 0.393. The summed E-state index contributed by atoms with van der Waals surface area (Å²) in [6.45, 7) is 2.34. The summed E-state index contributed by atoms with van der Waals surface area (Å²) >= 11 is 0. The minimum atomic E-state index is 0.552. The molecule has 0 heterocycles. The summed E-state index contributed by atoms with van der Waals surface area (Å²) in [5.74, 6) is 5.42. The van der Waals surface area contributed by atoms with Crippen LogP contribution in [0.3, 0.4) is 0 Å². The van der Waals surface area contributed by atoms with Crippen LogP contribution in [0.2, 0.25) is 0 Å². The fourth-order valence-corrected chi connectivity index (χ4v) is 0.144. The van der Waals surface area contributed by atoms with E-state index in [1.165, 1.54) is 0 Å². The molecule has 0 unspecified atom stereocenters. The van der Waals surface area contributed by atoms with Crippen LogP contribution in [0.5, 0.6) is 0 Å². The quantitative estimate of drug-likeness (QED) is 0.424. The highest BCUT2D eigenvalue weighted by atomic mass is 16.5. The zero-order valence-electron chi connectivity index (χ0n) is 4.12. The monoisotopic (exact) mass is 84.1 g/mol. The van der Waals surface area contributed by atoms with Gasteiger partial charge in [0, 0.05) is 7.11 Å². The van der Waals surface area contributed by atoms with Crippen molar-refractivity contribution in [1.82, 2.24) is 0 Å². The van der Waals surface area contributed by atoms with Crippen LogP contribution in [0.1, 0.15) is 6.92 Å². The van der Waals surface area contributed by atoms with Crippen molar-refractivity contribution in [3.8, 4) is 11.8 Å². The van der Waals surface area contributed by atoms with Crippen molar-refractivity contribution in [2.45, 2.75) is 6.92 Å². The molecule has 0 aromatic rings. The van der Waals surface area contributed by atoms with Crippen LogP contribution in [0.15, 0.2) is 0 Å². The van der Waals surface area contributed by atoms with Crippen molar-refractivity contribution in [2.24, 2.45) is 0 Å². The van der Waals surface area contributed by atoms with Gasteiger partial charge in [-0.05, 0) is 6.92 Å². The lowest BCUT2D eigenvalue weighted by Gasteiger charge is -1.78. The Morgan fingerprint density at radius 2 is 2.33 bits per heavy atom. The highest BCUT2D eigenvalue weighted by Crippen LogP contribution is 1.57. The second-order valence-electron chi connectivity index (χ2n) is 0.860. The summed E-state index contributed by atoms with van der Waals surface area (Å²) in [5.41, 5.74) is 0. The van der Waals surface area contributed by atoms with Crippen LogP contribution in [0.4, 0.5) is 0 Å². The highest BCUT2D eigenvalue weighted by Gasteiger charge is 1.60. The molecule has 0 aromatic carbocycles. The van der Waals surface area contributed by atoms with Gasteiger partial charge in [-0.15, -0.1) is 5.92 Å². The van der Waals surface area contributed by atoms with E-state index in [9.17, 15) is 0 Å². The molecule has 1 heteroatoms. The molecule has 0 aromatic heterocycles. The minimum Gasteiger partial charge on any atom is -0.372 e. The van der Waals surface area contributed by atoms with Gasteiger partial charge in [0.25, 0.3) is 0 Å². The average Bonchev–Trinajstić information content (AvgIpc) is 1.61. The molecule has 1 nitrogen and oxygen atoms in total. The average molecular weight is 84.1 g/mol. The van der Waals surface area contributed by atoms with Crippen LogP contribution in [0, 0.1) is 11.8 Å². The van der Waals surface area contributed by atoms with Gasteiger partial charge in [-0.25, -0.2) is 0 Å². The molecule has 0 aliphatic heterocycles. The predicted molar refractivity (Wildman–Crippen MR) is 25.3 cm³/mol. The minimum absolute atomic E-state index is 0.552. The largest absolute Gasteiger partial charge is 0.372 e. The molecule has 0 N–H and O–H groups in total. The SMILES string of the molecule is CC#CCOC. The molecule has 34 valence electrons. The summed E-state index contributed by atoms with van der Waals surface area (Å²) in [5, 5.41) is 0. The second-order valence-corrected chi connectivity index (χ2v) is 0.860. The summed E-state index contributed by atoms with van der Waals surface area (Å²) in [4.78, 5) is 0. The molecule has 0 atom stereocenters. The Bertz CT molecular complexity index is 65.7. The van der Waals surface area contributed by atoms with Crippen LogP contribution in [0.25, 0.3) is 0 Å². The molecule has 0 bridgehead atoms. The number of rotatable bonds is 1. The summed E-state index contributed by atoms with van der Waals surface area (Å²) in [6.07, 6.45) is 0. The topological polar surface area (TPSA) is 9.23 Å². The van der Waals surface area contributed by atoms with E-state index in [0.717, 1.165) is 0 Å². The molecule has 0 fully saturated rings. The third kappa shape index (κ3) is 3.52. The molecule has 0 saturated carbocycles. The van der Waals surface area contributed by atoms with E-state index in [0.29, 0.717) is 6.61 Å². The van der Waals surface area contributed by atoms with Crippen LogP contribution >= 0.6 is 0 Å². The predicted octanol–water partition coefficient (Wildman–Crippen LogP) is 0.656. The normalized spacial score (nSPS) is 6.33. The van der Waals surface area contributed by atoms with Gasteiger partial charge < -0.3 is 4.74 Å². The number of ether oxygens (including phenoxy) is 1. The van der Waals surface area contributed by atoms with E-state index in [2.05, 4.69) is 16.6 Å². The van der Waals surface area contributed by atoms with E-state index < -0.39 is 0 Å². The van der Waals surface area contributed by atoms with Gasteiger partial charge >= 0.3 is 0 Å². The fourth-order valence-electron chi connectivity index (χ4n) is 0.144. The van der Waals surface area contributed by atoms with Gasteiger partial charge in [-0.1, -0.05) is 5.92 Å². The van der Waals surface area contributed by atoms with Gasteiger partial charge in [0.15, 0.2) is 0 Å².